The summed E-state index contributed by atoms with van der Waals surface area (Å²) >= 11 is 0. The summed E-state index contributed by atoms with van der Waals surface area (Å²) < 4.78 is 11.4. The van der Waals surface area contributed by atoms with E-state index in [1.807, 2.05) is 18.2 Å². The van der Waals surface area contributed by atoms with E-state index in [0.29, 0.717) is 25.7 Å². The minimum atomic E-state index is -0.00766. The molecule has 6 heteroatoms. The summed E-state index contributed by atoms with van der Waals surface area (Å²) in [4.78, 5) is 4.70. The predicted molar refractivity (Wildman–Crippen MR) is 121 cm³/mol. The van der Waals surface area contributed by atoms with Crippen molar-refractivity contribution in [3.05, 3.63) is 54.1 Å². The van der Waals surface area contributed by atoms with E-state index >= 15 is 0 Å². The quantitative estimate of drug-likeness (QED) is 0.492. The molecule has 2 aromatic rings. The number of hydrogen-bond donors (Lipinski definition) is 3. The van der Waals surface area contributed by atoms with Crippen LogP contribution in [0.2, 0.25) is 0 Å². The van der Waals surface area contributed by atoms with Crippen molar-refractivity contribution in [2.24, 2.45) is 10.7 Å². The van der Waals surface area contributed by atoms with Gasteiger partial charge in [-0.2, -0.15) is 0 Å². The van der Waals surface area contributed by atoms with E-state index in [9.17, 15) is 0 Å². The van der Waals surface area contributed by atoms with Crippen molar-refractivity contribution in [1.82, 2.24) is 5.32 Å². The standard InChI is InChI=1S/C24H32N4O2/c1-18(19-8-3-2-4-9-19)28-24(12-5-6-13-24)17-26-23(25)27-20-10-11-21-22(16-20)30-15-7-14-29-21/h2-4,8-11,16,18,28H,5-7,12-15,17H2,1H3,(H3,25,26,27). The van der Waals surface area contributed by atoms with Gasteiger partial charge < -0.3 is 25.8 Å². The van der Waals surface area contributed by atoms with E-state index in [4.69, 9.17) is 20.2 Å². The first-order valence-corrected chi connectivity index (χ1v) is 10.9. The first-order valence-electron chi connectivity index (χ1n) is 10.9. The lowest BCUT2D eigenvalue weighted by molar-refractivity contribution is 0.297. The van der Waals surface area contributed by atoms with Crippen LogP contribution in [-0.2, 0) is 0 Å². The fourth-order valence-electron chi connectivity index (χ4n) is 4.35. The van der Waals surface area contributed by atoms with Crippen LogP contribution in [0.15, 0.2) is 53.5 Å². The molecule has 0 aromatic heterocycles. The Labute approximate surface area is 178 Å². The number of nitrogens with two attached hydrogens (primary N) is 1. The SMILES string of the molecule is CC(NC1(CN=C(N)Nc2ccc3c(c2)OCCCO3)CCCC1)c1ccccc1. The molecule has 1 unspecified atom stereocenters. The monoisotopic (exact) mass is 408 g/mol. The molecular formula is C24H32N4O2. The number of anilines is 1. The zero-order chi connectivity index (χ0) is 20.8. The van der Waals surface area contributed by atoms with E-state index in [-0.39, 0.29) is 11.6 Å². The normalized spacial score (nSPS) is 19.2. The highest BCUT2D eigenvalue weighted by Gasteiger charge is 2.34. The molecule has 30 heavy (non-hydrogen) atoms. The molecule has 0 spiro atoms. The topological polar surface area (TPSA) is 80.9 Å². The zero-order valence-corrected chi connectivity index (χ0v) is 17.7. The maximum absolute atomic E-state index is 6.23. The molecule has 1 atom stereocenters. The summed E-state index contributed by atoms with van der Waals surface area (Å²) in [5.41, 5.74) is 8.37. The third-order valence-electron chi connectivity index (χ3n) is 5.95. The fraction of sp³-hybridized carbons (Fsp3) is 0.458. The zero-order valence-electron chi connectivity index (χ0n) is 17.7. The Morgan fingerprint density at radius 2 is 1.77 bits per heavy atom. The summed E-state index contributed by atoms with van der Waals surface area (Å²) in [5.74, 6) is 1.94. The van der Waals surface area contributed by atoms with E-state index < -0.39 is 0 Å². The molecular weight excluding hydrogens is 376 g/mol. The number of ether oxygens (including phenoxy) is 2. The van der Waals surface area contributed by atoms with Crippen LogP contribution in [0.3, 0.4) is 0 Å². The molecule has 160 valence electrons. The van der Waals surface area contributed by atoms with Crippen LogP contribution in [0, 0.1) is 0 Å². The molecule has 1 saturated carbocycles. The predicted octanol–water partition coefficient (Wildman–Crippen LogP) is 4.24. The van der Waals surface area contributed by atoms with Gasteiger partial charge in [0, 0.05) is 29.8 Å². The summed E-state index contributed by atoms with van der Waals surface area (Å²) in [7, 11) is 0. The van der Waals surface area contributed by atoms with Crippen molar-refractivity contribution in [3.63, 3.8) is 0 Å². The van der Waals surface area contributed by atoms with Crippen molar-refractivity contribution >= 4 is 11.6 Å². The third-order valence-corrected chi connectivity index (χ3v) is 5.95. The first kappa shape index (κ1) is 20.5. The summed E-state index contributed by atoms with van der Waals surface area (Å²) in [5, 5.41) is 7.05. The fourth-order valence-corrected chi connectivity index (χ4v) is 4.35. The van der Waals surface area contributed by atoms with Gasteiger partial charge in [-0.1, -0.05) is 43.2 Å². The lowest BCUT2D eigenvalue weighted by atomic mass is 9.95. The van der Waals surface area contributed by atoms with Crippen LogP contribution in [-0.4, -0.2) is 31.3 Å². The molecule has 1 fully saturated rings. The highest BCUT2D eigenvalue weighted by molar-refractivity contribution is 5.92. The number of benzene rings is 2. The van der Waals surface area contributed by atoms with Crippen LogP contribution in [0.5, 0.6) is 11.5 Å². The Balaban J connectivity index is 1.41. The van der Waals surface area contributed by atoms with Crippen molar-refractivity contribution in [2.75, 3.05) is 25.1 Å². The number of guanidine groups is 1. The average molecular weight is 409 g/mol. The number of hydrogen-bond acceptors (Lipinski definition) is 4. The summed E-state index contributed by atoms with van der Waals surface area (Å²) in [6.07, 6.45) is 5.56. The van der Waals surface area contributed by atoms with Gasteiger partial charge >= 0.3 is 0 Å². The Morgan fingerprint density at radius 3 is 2.53 bits per heavy atom. The molecule has 2 aromatic carbocycles. The van der Waals surface area contributed by atoms with E-state index in [1.54, 1.807) is 0 Å². The molecule has 1 heterocycles. The molecule has 2 aliphatic rings. The van der Waals surface area contributed by atoms with Gasteiger partial charge in [0.15, 0.2) is 17.5 Å². The van der Waals surface area contributed by atoms with Crippen LogP contribution in [0.1, 0.15) is 50.6 Å². The van der Waals surface area contributed by atoms with Gasteiger partial charge in [-0.15, -0.1) is 0 Å². The van der Waals surface area contributed by atoms with Gasteiger partial charge in [0.05, 0.1) is 19.8 Å². The second-order valence-electron chi connectivity index (χ2n) is 8.30. The maximum atomic E-state index is 6.23. The maximum Gasteiger partial charge on any atom is 0.193 e. The smallest absolute Gasteiger partial charge is 0.193 e. The summed E-state index contributed by atoms with van der Waals surface area (Å²) in [6.45, 7) is 4.22. The van der Waals surface area contributed by atoms with Gasteiger partial charge in [-0.25, -0.2) is 0 Å². The van der Waals surface area contributed by atoms with E-state index in [1.165, 1.54) is 18.4 Å². The van der Waals surface area contributed by atoms with Gasteiger partial charge in [0.1, 0.15) is 0 Å². The van der Waals surface area contributed by atoms with Crippen LogP contribution in [0.25, 0.3) is 0 Å². The Kier molecular flexibility index (Phi) is 6.43. The third kappa shape index (κ3) is 5.05. The van der Waals surface area contributed by atoms with Crippen LogP contribution >= 0.6 is 0 Å². The van der Waals surface area contributed by atoms with E-state index in [2.05, 4.69) is 47.9 Å². The molecule has 4 N–H and O–H groups in total. The molecule has 0 radical (unpaired) electrons. The van der Waals surface area contributed by atoms with Gasteiger partial charge in [0.2, 0.25) is 0 Å². The molecule has 4 rings (SSSR count). The number of rotatable bonds is 6. The molecule has 6 nitrogen and oxygen atoms in total. The van der Waals surface area contributed by atoms with Crippen LogP contribution in [0.4, 0.5) is 5.69 Å². The highest BCUT2D eigenvalue weighted by Crippen LogP contribution is 2.33. The Morgan fingerprint density at radius 1 is 1.03 bits per heavy atom. The van der Waals surface area contributed by atoms with Crippen molar-refractivity contribution in [2.45, 2.75) is 50.6 Å². The molecule has 0 bridgehead atoms. The van der Waals surface area contributed by atoms with Crippen molar-refractivity contribution in [3.8, 4) is 11.5 Å². The largest absolute Gasteiger partial charge is 0.490 e. The van der Waals surface area contributed by atoms with Gasteiger partial charge in [0.25, 0.3) is 0 Å². The minimum Gasteiger partial charge on any atom is -0.490 e. The minimum absolute atomic E-state index is 0.00766. The Bertz CT molecular complexity index is 863. The van der Waals surface area contributed by atoms with Gasteiger partial charge in [-0.3, -0.25) is 4.99 Å². The van der Waals surface area contributed by atoms with Crippen molar-refractivity contribution < 1.29 is 9.47 Å². The summed E-state index contributed by atoms with van der Waals surface area (Å²) in [6, 6.07) is 16.6. The van der Waals surface area contributed by atoms with Crippen LogP contribution < -0.4 is 25.8 Å². The Hall–Kier alpha value is -2.73. The van der Waals surface area contributed by atoms with E-state index in [0.717, 1.165) is 36.4 Å². The molecule has 1 aliphatic carbocycles. The average Bonchev–Trinajstić information content (AvgIpc) is 3.09. The highest BCUT2D eigenvalue weighted by atomic mass is 16.5. The number of aliphatic imine (C=N–C) groups is 1. The first-order chi connectivity index (χ1) is 14.6. The molecule has 0 saturated heterocycles. The number of nitrogens with one attached hydrogen (secondary N) is 2. The second kappa shape index (κ2) is 9.39. The lowest BCUT2D eigenvalue weighted by Gasteiger charge is -2.33. The molecule has 0 amide bonds. The second-order valence-corrected chi connectivity index (χ2v) is 8.30. The molecule has 1 aliphatic heterocycles. The lowest BCUT2D eigenvalue weighted by Crippen LogP contribution is -2.47. The van der Waals surface area contributed by atoms with Gasteiger partial charge in [-0.05, 0) is 37.5 Å². The number of fused-ring (bicyclic) bond motifs is 1. The van der Waals surface area contributed by atoms with Crippen molar-refractivity contribution in [1.29, 1.82) is 0 Å². The number of nitrogens with zero attached hydrogens (tertiary/aromatic N) is 1.